The predicted molar refractivity (Wildman–Crippen MR) is 144 cm³/mol. The number of fused-ring (bicyclic) bond motifs is 1. The van der Waals surface area contributed by atoms with Crippen molar-refractivity contribution in [2.24, 2.45) is 11.8 Å². The first-order valence-electron chi connectivity index (χ1n) is 12.5. The van der Waals surface area contributed by atoms with E-state index in [4.69, 9.17) is 21.1 Å². The highest BCUT2D eigenvalue weighted by molar-refractivity contribution is 6.33. The summed E-state index contributed by atoms with van der Waals surface area (Å²) in [6, 6.07) is 7.39. The number of aromatic nitrogens is 3. The van der Waals surface area contributed by atoms with Crippen molar-refractivity contribution in [3.63, 3.8) is 0 Å². The zero-order valence-electron chi connectivity index (χ0n) is 22.1. The molecule has 202 valence electrons. The number of hydrogen-bond donors (Lipinski definition) is 2. The number of halogens is 1. The van der Waals surface area contributed by atoms with Crippen LogP contribution < -0.4 is 5.32 Å². The number of ether oxygens (including phenoxy) is 2. The molecule has 4 rings (SSSR count). The number of benzene rings is 1. The summed E-state index contributed by atoms with van der Waals surface area (Å²) in [7, 11) is 0. The van der Waals surface area contributed by atoms with Gasteiger partial charge in [0.05, 0.1) is 28.7 Å². The van der Waals surface area contributed by atoms with Gasteiger partial charge in [0.2, 0.25) is 5.95 Å². The minimum Gasteiger partial charge on any atom is -0.444 e. The highest BCUT2D eigenvalue weighted by Crippen LogP contribution is 2.33. The summed E-state index contributed by atoms with van der Waals surface area (Å²) in [5.74, 6) is -2.20. The number of carbonyl (C=O) groups excluding carboxylic acids is 3. The molecule has 1 saturated heterocycles. The minimum absolute atomic E-state index is 0.0688. The summed E-state index contributed by atoms with van der Waals surface area (Å²) < 4.78 is 10.6. The number of nitrogens with zero attached hydrogens (tertiary/aromatic N) is 3. The molecule has 1 aromatic carbocycles. The SMILES string of the molecule is CC(C)C(=O)OC(=O)C1CC(Nc2ncc(Cl)c(-c3c[nH]c4ccccc34)n2)CN(C(=O)OC(C)(C)C)C1. The van der Waals surface area contributed by atoms with Crippen LogP contribution in [-0.2, 0) is 19.1 Å². The number of nitrogens with one attached hydrogen (secondary N) is 2. The van der Waals surface area contributed by atoms with E-state index in [1.807, 2.05) is 30.5 Å². The Labute approximate surface area is 226 Å². The van der Waals surface area contributed by atoms with Crippen LogP contribution in [0.25, 0.3) is 22.2 Å². The van der Waals surface area contributed by atoms with Crippen molar-refractivity contribution in [3.8, 4) is 11.3 Å². The standard InChI is InChI=1S/C27H32ClN5O5/c1-15(2)23(34)37-24(35)16-10-17(14-33(13-16)26(36)38-27(3,4)5)31-25-30-12-20(28)22(32-25)19-11-29-21-9-7-6-8-18(19)21/h6-9,11-12,15-17,29H,10,13-14H2,1-5H3,(H,30,31,32). The molecule has 1 aliphatic heterocycles. The molecule has 0 bridgehead atoms. The van der Waals surface area contributed by atoms with Crippen molar-refractivity contribution in [2.75, 3.05) is 18.4 Å². The maximum absolute atomic E-state index is 12.9. The molecule has 3 aromatic rings. The minimum atomic E-state index is -0.739. The highest BCUT2D eigenvalue weighted by atomic mass is 35.5. The summed E-state index contributed by atoms with van der Waals surface area (Å²) in [6.07, 6.45) is 3.09. The smallest absolute Gasteiger partial charge is 0.410 e. The van der Waals surface area contributed by atoms with Crippen LogP contribution in [0.4, 0.5) is 10.7 Å². The van der Waals surface area contributed by atoms with Crippen LogP contribution in [0.2, 0.25) is 5.02 Å². The Balaban J connectivity index is 1.58. The van der Waals surface area contributed by atoms with Crippen LogP contribution in [0.15, 0.2) is 36.7 Å². The number of H-pyrrole nitrogens is 1. The number of carbonyl (C=O) groups is 3. The van der Waals surface area contributed by atoms with E-state index in [-0.39, 0.29) is 19.0 Å². The number of esters is 2. The lowest BCUT2D eigenvalue weighted by molar-refractivity contribution is -0.165. The van der Waals surface area contributed by atoms with Gasteiger partial charge < -0.3 is 24.7 Å². The molecule has 3 heterocycles. The molecule has 11 heteroatoms. The molecular weight excluding hydrogens is 510 g/mol. The summed E-state index contributed by atoms with van der Waals surface area (Å²) in [5.41, 5.74) is 1.60. The Hall–Kier alpha value is -3.66. The average Bonchev–Trinajstić information content (AvgIpc) is 3.28. The Bertz CT molecular complexity index is 1350. The van der Waals surface area contributed by atoms with E-state index in [0.29, 0.717) is 17.1 Å². The second-order valence-electron chi connectivity index (χ2n) is 10.7. The van der Waals surface area contributed by atoms with Crippen molar-refractivity contribution < 1.29 is 23.9 Å². The van der Waals surface area contributed by atoms with Crippen molar-refractivity contribution in [2.45, 2.75) is 52.7 Å². The van der Waals surface area contributed by atoms with E-state index in [2.05, 4.69) is 20.3 Å². The quantitative estimate of drug-likeness (QED) is 0.340. The normalized spacial score (nSPS) is 17.9. The number of rotatable bonds is 5. The van der Waals surface area contributed by atoms with Crippen LogP contribution >= 0.6 is 11.6 Å². The van der Waals surface area contributed by atoms with Gasteiger partial charge in [0.1, 0.15) is 5.60 Å². The van der Waals surface area contributed by atoms with Crippen molar-refractivity contribution in [3.05, 3.63) is 41.7 Å². The monoisotopic (exact) mass is 541 g/mol. The average molecular weight is 542 g/mol. The fourth-order valence-electron chi connectivity index (χ4n) is 4.23. The molecule has 0 saturated carbocycles. The molecule has 0 spiro atoms. The van der Waals surface area contributed by atoms with Crippen LogP contribution in [0, 0.1) is 11.8 Å². The molecule has 2 unspecified atom stereocenters. The van der Waals surface area contributed by atoms with Crippen LogP contribution in [0.1, 0.15) is 41.0 Å². The van der Waals surface area contributed by atoms with Gasteiger partial charge in [0.15, 0.2) is 0 Å². The molecule has 0 aliphatic carbocycles. The van der Waals surface area contributed by atoms with Gasteiger partial charge in [0.25, 0.3) is 0 Å². The van der Waals surface area contributed by atoms with E-state index >= 15 is 0 Å². The number of piperidine rings is 1. The Kier molecular flexibility index (Phi) is 7.91. The molecule has 0 radical (unpaired) electrons. The number of anilines is 1. The second kappa shape index (κ2) is 11.0. The first kappa shape index (κ1) is 27.4. The number of para-hydroxylation sites is 1. The number of likely N-dealkylation sites (tertiary alicyclic amines) is 1. The first-order chi connectivity index (χ1) is 17.9. The molecule has 2 aromatic heterocycles. The van der Waals surface area contributed by atoms with E-state index in [1.165, 1.54) is 11.1 Å². The number of amides is 1. The lowest BCUT2D eigenvalue weighted by Gasteiger charge is -2.37. The third-order valence-electron chi connectivity index (χ3n) is 6.03. The van der Waals surface area contributed by atoms with Gasteiger partial charge in [-0.25, -0.2) is 14.8 Å². The van der Waals surface area contributed by atoms with Gasteiger partial charge in [-0.1, -0.05) is 43.6 Å². The fraction of sp³-hybridized carbons (Fsp3) is 0.444. The summed E-state index contributed by atoms with van der Waals surface area (Å²) in [5, 5.41) is 4.58. The molecule has 1 aliphatic rings. The van der Waals surface area contributed by atoms with Crippen LogP contribution in [-0.4, -0.2) is 62.6 Å². The van der Waals surface area contributed by atoms with Crippen molar-refractivity contribution >= 4 is 46.5 Å². The zero-order valence-corrected chi connectivity index (χ0v) is 22.8. The van der Waals surface area contributed by atoms with E-state index in [0.717, 1.165) is 16.5 Å². The van der Waals surface area contributed by atoms with Crippen LogP contribution in [0.5, 0.6) is 0 Å². The predicted octanol–water partition coefficient (Wildman–Crippen LogP) is 5.04. The molecule has 10 nitrogen and oxygen atoms in total. The first-order valence-corrected chi connectivity index (χ1v) is 12.9. The summed E-state index contributed by atoms with van der Waals surface area (Å²) in [6.45, 7) is 8.92. The van der Waals surface area contributed by atoms with Gasteiger partial charge in [0, 0.05) is 41.8 Å². The molecule has 1 amide bonds. The molecule has 38 heavy (non-hydrogen) atoms. The molecule has 1 fully saturated rings. The Morgan fingerprint density at radius 1 is 1.18 bits per heavy atom. The number of hydrogen-bond acceptors (Lipinski definition) is 8. The lowest BCUT2D eigenvalue weighted by atomic mass is 9.94. The topological polar surface area (TPSA) is 127 Å². The number of aromatic amines is 1. The van der Waals surface area contributed by atoms with Crippen molar-refractivity contribution in [1.29, 1.82) is 0 Å². The molecule has 2 N–H and O–H groups in total. The highest BCUT2D eigenvalue weighted by Gasteiger charge is 2.38. The summed E-state index contributed by atoms with van der Waals surface area (Å²) >= 11 is 6.47. The van der Waals surface area contributed by atoms with E-state index in [1.54, 1.807) is 34.6 Å². The summed E-state index contributed by atoms with van der Waals surface area (Å²) in [4.78, 5) is 51.4. The van der Waals surface area contributed by atoms with Gasteiger partial charge in [-0.15, -0.1) is 0 Å². The van der Waals surface area contributed by atoms with Crippen LogP contribution in [0.3, 0.4) is 0 Å². The third-order valence-corrected chi connectivity index (χ3v) is 6.31. The maximum atomic E-state index is 12.9. The maximum Gasteiger partial charge on any atom is 0.410 e. The Morgan fingerprint density at radius 3 is 2.63 bits per heavy atom. The third kappa shape index (κ3) is 6.42. The van der Waals surface area contributed by atoms with E-state index in [9.17, 15) is 14.4 Å². The molecule has 2 atom stereocenters. The van der Waals surface area contributed by atoms with Crippen molar-refractivity contribution in [1.82, 2.24) is 19.9 Å². The Morgan fingerprint density at radius 2 is 1.92 bits per heavy atom. The fourth-order valence-corrected chi connectivity index (χ4v) is 4.42. The van der Waals surface area contributed by atoms with Gasteiger partial charge in [-0.3, -0.25) is 9.59 Å². The lowest BCUT2D eigenvalue weighted by Crippen LogP contribution is -2.52. The van der Waals surface area contributed by atoms with Gasteiger partial charge >= 0.3 is 18.0 Å². The second-order valence-corrected chi connectivity index (χ2v) is 11.1. The molecular formula is C27H32ClN5O5. The van der Waals surface area contributed by atoms with E-state index < -0.39 is 41.5 Å². The largest absolute Gasteiger partial charge is 0.444 e. The zero-order chi connectivity index (χ0) is 27.6. The van der Waals surface area contributed by atoms with Gasteiger partial charge in [-0.2, -0.15) is 0 Å². The van der Waals surface area contributed by atoms with Gasteiger partial charge in [-0.05, 0) is 33.3 Å².